The quantitative estimate of drug-likeness (QED) is 0.245. The number of hydrogen-bond donors (Lipinski definition) is 2. The molecule has 5 rings (SSSR count). The van der Waals surface area contributed by atoms with Gasteiger partial charge in [-0.25, -0.2) is 5.43 Å². The molecule has 1 saturated heterocycles. The van der Waals surface area contributed by atoms with Gasteiger partial charge in [0.2, 0.25) is 5.95 Å². The molecule has 10 nitrogen and oxygen atoms in total. The molecule has 0 atom stereocenters. The number of thioether (sulfide) groups is 1. The maximum atomic E-state index is 5.93. The number of hydrazone groups is 1. The molecule has 3 heterocycles. The summed E-state index contributed by atoms with van der Waals surface area (Å²) in [6, 6.07) is 14.1. The van der Waals surface area contributed by atoms with Crippen molar-refractivity contribution < 1.29 is 14.2 Å². The van der Waals surface area contributed by atoms with Crippen LogP contribution in [0.2, 0.25) is 0 Å². The van der Waals surface area contributed by atoms with E-state index in [9.17, 15) is 0 Å². The highest BCUT2D eigenvalue weighted by molar-refractivity contribution is 7.99. The van der Waals surface area contributed by atoms with Gasteiger partial charge < -0.3 is 24.1 Å². The Morgan fingerprint density at radius 3 is 2.83 bits per heavy atom. The van der Waals surface area contributed by atoms with Crippen molar-refractivity contribution in [2.75, 3.05) is 49.3 Å². The monoisotopic (exact) mass is 505 g/mol. The Morgan fingerprint density at radius 2 is 2.00 bits per heavy atom. The summed E-state index contributed by atoms with van der Waals surface area (Å²) in [5.74, 6) is 4.13. The van der Waals surface area contributed by atoms with Gasteiger partial charge in [-0.1, -0.05) is 24.3 Å². The van der Waals surface area contributed by atoms with Crippen LogP contribution in [0.1, 0.15) is 11.1 Å². The Bertz CT molecular complexity index is 1350. The number of aromatic nitrogens is 4. The lowest BCUT2D eigenvalue weighted by Crippen LogP contribution is -2.22. The molecule has 2 N–H and O–H groups in total. The van der Waals surface area contributed by atoms with Crippen LogP contribution in [0, 0.1) is 0 Å². The summed E-state index contributed by atoms with van der Waals surface area (Å²) in [5.41, 5.74) is 6.01. The first-order chi connectivity index (χ1) is 17.7. The summed E-state index contributed by atoms with van der Waals surface area (Å²) in [7, 11) is 3.24. The van der Waals surface area contributed by atoms with Crippen molar-refractivity contribution in [2.45, 2.75) is 6.42 Å². The molecule has 36 heavy (non-hydrogen) atoms. The van der Waals surface area contributed by atoms with Crippen molar-refractivity contribution in [1.82, 2.24) is 19.9 Å². The molecule has 0 saturated carbocycles. The Morgan fingerprint density at radius 1 is 1.11 bits per heavy atom. The van der Waals surface area contributed by atoms with Crippen LogP contribution in [-0.2, 0) is 6.42 Å². The van der Waals surface area contributed by atoms with Gasteiger partial charge in [-0.2, -0.15) is 20.1 Å². The third-order valence-corrected chi connectivity index (χ3v) is 6.66. The predicted molar refractivity (Wildman–Crippen MR) is 143 cm³/mol. The number of aromatic amines is 1. The molecule has 0 unspecified atom stereocenters. The maximum Gasteiger partial charge on any atom is 0.323 e. The Hall–Kier alpha value is -3.99. The molecule has 11 heteroatoms. The zero-order valence-corrected chi connectivity index (χ0v) is 20.9. The van der Waals surface area contributed by atoms with Crippen LogP contribution in [0.3, 0.4) is 0 Å². The van der Waals surface area contributed by atoms with Crippen LogP contribution < -0.4 is 24.5 Å². The second kappa shape index (κ2) is 11.2. The lowest BCUT2D eigenvalue weighted by Gasteiger charge is -2.15. The molecule has 0 spiro atoms. The Kier molecular flexibility index (Phi) is 7.36. The fraction of sp³-hybridized carbons (Fsp3) is 0.280. The minimum absolute atomic E-state index is 0.252. The summed E-state index contributed by atoms with van der Waals surface area (Å²) in [5, 5.41) is 5.44. The number of ether oxygens (including phenoxy) is 3. The Balaban J connectivity index is 1.29. The summed E-state index contributed by atoms with van der Waals surface area (Å²) >= 11 is 1.84. The summed E-state index contributed by atoms with van der Waals surface area (Å²) < 4.78 is 16.6. The van der Waals surface area contributed by atoms with Crippen molar-refractivity contribution in [3.05, 3.63) is 59.8 Å². The molecule has 1 aliphatic heterocycles. The van der Waals surface area contributed by atoms with Crippen LogP contribution in [-0.4, -0.2) is 65.2 Å². The smallest absolute Gasteiger partial charge is 0.323 e. The highest BCUT2D eigenvalue weighted by Gasteiger charge is 2.18. The van der Waals surface area contributed by atoms with E-state index in [2.05, 4.69) is 35.4 Å². The molecule has 2 aromatic heterocycles. The zero-order chi connectivity index (χ0) is 24.7. The molecule has 0 aliphatic carbocycles. The molecule has 2 aromatic carbocycles. The fourth-order valence-electron chi connectivity index (χ4n) is 3.83. The van der Waals surface area contributed by atoms with Gasteiger partial charge in [-0.15, -0.1) is 11.8 Å². The van der Waals surface area contributed by atoms with Gasteiger partial charge in [-0.3, -0.25) is 0 Å². The Labute approximate surface area is 213 Å². The highest BCUT2D eigenvalue weighted by atomic mass is 32.2. The van der Waals surface area contributed by atoms with E-state index in [0.717, 1.165) is 40.2 Å². The number of rotatable bonds is 10. The number of nitrogens with zero attached hydrogens (tertiary/aromatic N) is 5. The molecule has 0 amide bonds. The zero-order valence-electron chi connectivity index (χ0n) is 20.1. The molecule has 186 valence electrons. The van der Waals surface area contributed by atoms with E-state index in [1.807, 2.05) is 60.4 Å². The lowest BCUT2D eigenvalue weighted by molar-refractivity contribution is 0.295. The summed E-state index contributed by atoms with van der Waals surface area (Å²) in [4.78, 5) is 18.8. The number of benzene rings is 2. The second-order valence-corrected chi connectivity index (χ2v) is 9.06. The van der Waals surface area contributed by atoms with Gasteiger partial charge in [0.05, 0.1) is 32.9 Å². The van der Waals surface area contributed by atoms with Crippen LogP contribution in [0.25, 0.3) is 10.9 Å². The van der Waals surface area contributed by atoms with Gasteiger partial charge in [0, 0.05) is 41.4 Å². The van der Waals surface area contributed by atoms with E-state index in [0.29, 0.717) is 36.4 Å². The molecule has 1 fully saturated rings. The van der Waals surface area contributed by atoms with Crippen molar-refractivity contribution in [3.8, 4) is 17.5 Å². The third kappa shape index (κ3) is 5.46. The predicted octanol–water partition coefficient (Wildman–Crippen LogP) is 3.95. The molecular formula is C25H27N7O3S. The number of para-hydroxylation sites is 1. The molecule has 1 aliphatic rings. The van der Waals surface area contributed by atoms with Gasteiger partial charge in [-0.05, 0) is 23.8 Å². The van der Waals surface area contributed by atoms with E-state index < -0.39 is 0 Å². The average Bonchev–Trinajstić information content (AvgIpc) is 3.59. The molecule has 4 aromatic rings. The number of fused-ring (bicyclic) bond motifs is 1. The van der Waals surface area contributed by atoms with Crippen LogP contribution >= 0.6 is 11.8 Å². The van der Waals surface area contributed by atoms with E-state index in [4.69, 9.17) is 14.2 Å². The molecule has 0 bridgehead atoms. The second-order valence-electron chi connectivity index (χ2n) is 7.99. The minimum atomic E-state index is 0.252. The summed E-state index contributed by atoms with van der Waals surface area (Å²) in [6.45, 7) is 1.27. The first kappa shape index (κ1) is 23.7. The topological polar surface area (TPSA) is 110 Å². The van der Waals surface area contributed by atoms with Crippen LogP contribution in [0.5, 0.6) is 17.5 Å². The normalized spacial score (nSPS) is 13.4. The first-order valence-corrected chi connectivity index (χ1v) is 12.7. The van der Waals surface area contributed by atoms with Crippen molar-refractivity contribution in [2.24, 2.45) is 5.10 Å². The van der Waals surface area contributed by atoms with Crippen LogP contribution in [0.4, 0.5) is 11.9 Å². The van der Waals surface area contributed by atoms with E-state index >= 15 is 0 Å². The first-order valence-electron chi connectivity index (χ1n) is 11.5. The van der Waals surface area contributed by atoms with E-state index in [1.54, 1.807) is 20.4 Å². The summed E-state index contributed by atoms with van der Waals surface area (Å²) in [6.07, 6.45) is 4.31. The van der Waals surface area contributed by atoms with Crippen molar-refractivity contribution in [3.63, 3.8) is 0 Å². The number of H-pyrrole nitrogens is 1. The highest BCUT2D eigenvalue weighted by Crippen LogP contribution is 2.28. The van der Waals surface area contributed by atoms with Gasteiger partial charge in [0.15, 0.2) is 11.5 Å². The van der Waals surface area contributed by atoms with Gasteiger partial charge in [0.1, 0.15) is 0 Å². The standard InChI is InChI=1S/C25H27N7O3S/c1-33-21-8-7-17(13-22(21)34-2)9-11-35-25-29-23(28-24(30-25)32-10-12-36-16-32)31-27-15-18-14-26-20-6-4-3-5-19(18)20/h3-8,13-15,26H,9-12,16H2,1-2H3,(H,28,29,30,31)/b27-15-. The SMILES string of the molecule is COc1ccc(CCOc2nc(N/N=C\c3c[nH]c4ccccc34)nc(N3CCSC3)n2)cc1OC. The van der Waals surface area contributed by atoms with Crippen molar-refractivity contribution in [1.29, 1.82) is 0 Å². The maximum absolute atomic E-state index is 5.93. The van der Waals surface area contributed by atoms with E-state index in [1.165, 1.54) is 0 Å². The number of nitrogens with one attached hydrogen (secondary N) is 2. The molecule has 0 radical (unpaired) electrons. The van der Waals surface area contributed by atoms with Crippen molar-refractivity contribution >= 4 is 40.8 Å². The average molecular weight is 506 g/mol. The lowest BCUT2D eigenvalue weighted by atomic mass is 10.1. The van der Waals surface area contributed by atoms with Gasteiger partial charge >= 0.3 is 6.01 Å². The third-order valence-electron chi connectivity index (χ3n) is 5.70. The fourth-order valence-corrected chi connectivity index (χ4v) is 4.77. The number of hydrogen-bond acceptors (Lipinski definition) is 10. The number of methoxy groups -OCH3 is 2. The van der Waals surface area contributed by atoms with Gasteiger partial charge in [0.25, 0.3) is 5.95 Å². The van der Waals surface area contributed by atoms with E-state index in [-0.39, 0.29) is 6.01 Å². The minimum Gasteiger partial charge on any atom is -0.493 e. The number of anilines is 2. The largest absolute Gasteiger partial charge is 0.493 e. The molecular weight excluding hydrogens is 478 g/mol. The van der Waals surface area contributed by atoms with Crippen LogP contribution in [0.15, 0.2) is 53.8 Å².